The Morgan fingerprint density at radius 1 is 1.00 bits per heavy atom. The summed E-state index contributed by atoms with van der Waals surface area (Å²) in [7, 11) is 0. The fourth-order valence-corrected chi connectivity index (χ4v) is 3.96. The first kappa shape index (κ1) is 3.67. The molecule has 0 unspecified atom stereocenters. The Hall–Kier alpha value is 0.700. The summed E-state index contributed by atoms with van der Waals surface area (Å²) in [5.74, 6) is 0. The van der Waals surface area contributed by atoms with Gasteiger partial charge in [-0.15, -0.1) is 23.5 Å². The standard InChI is InChI=1S/C4H6S2/c1-2-4-5-3(1)6-4/h3-4H,1-2H2. The van der Waals surface area contributed by atoms with Crippen molar-refractivity contribution in [3.8, 4) is 0 Å². The molecule has 3 aliphatic rings. The minimum Gasteiger partial charge on any atom is -0.133 e. The molecule has 0 amide bonds. The summed E-state index contributed by atoms with van der Waals surface area (Å²) in [6, 6.07) is 0. The van der Waals surface area contributed by atoms with E-state index in [1.165, 1.54) is 12.8 Å². The summed E-state index contributed by atoms with van der Waals surface area (Å²) in [4.78, 5) is 0. The molecule has 0 atom stereocenters. The molecule has 6 heavy (non-hydrogen) atoms. The van der Waals surface area contributed by atoms with Gasteiger partial charge >= 0.3 is 0 Å². The zero-order valence-electron chi connectivity index (χ0n) is 3.39. The zero-order chi connectivity index (χ0) is 3.98. The maximum Gasteiger partial charge on any atom is 0.0525 e. The predicted molar refractivity (Wildman–Crippen MR) is 32.0 cm³/mol. The van der Waals surface area contributed by atoms with Crippen molar-refractivity contribution in [1.29, 1.82) is 0 Å². The second-order valence-corrected chi connectivity index (χ2v) is 5.13. The highest BCUT2D eigenvalue weighted by Crippen LogP contribution is 2.58. The molecule has 0 aromatic heterocycles. The van der Waals surface area contributed by atoms with Gasteiger partial charge in [0.25, 0.3) is 0 Å². The smallest absolute Gasteiger partial charge is 0.0525 e. The summed E-state index contributed by atoms with van der Waals surface area (Å²) in [6.45, 7) is 0. The van der Waals surface area contributed by atoms with E-state index in [1.54, 1.807) is 0 Å². The molecule has 0 aromatic carbocycles. The van der Waals surface area contributed by atoms with Gasteiger partial charge < -0.3 is 0 Å². The second-order valence-electron chi connectivity index (χ2n) is 1.71. The molecule has 34 valence electrons. The predicted octanol–water partition coefficient (Wildman–Crippen LogP) is 1.91. The fourth-order valence-electron chi connectivity index (χ4n) is 0.893. The van der Waals surface area contributed by atoms with E-state index < -0.39 is 0 Å². The molecule has 3 aliphatic heterocycles. The van der Waals surface area contributed by atoms with Gasteiger partial charge in [-0.1, -0.05) is 0 Å². The Bertz CT molecular complexity index is 52.4. The summed E-state index contributed by atoms with van der Waals surface area (Å²) in [6.07, 6.45) is 2.97. The zero-order valence-corrected chi connectivity index (χ0v) is 5.02. The van der Waals surface area contributed by atoms with E-state index in [1.807, 2.05) is 0 Å². The average Bonchev–Trinajstić information content (AvgIpc) is 1.72. The first-order valence-electron chi connectivity index (χ1n) is 2.26. The Labute approximate surface area is 46.1 Å². The molecule has 3 heterocycles. The van der Waals surface area contributed by atoms with Crippen molar-refractivity contribution >= 4 is 23.5 Å². The van der Waals surface area contributed by atoms with Gasteiger partial charge in [0.05, 0.1) is 9.16 Å². The topological polar surface area (TPSA) is 0 Å². The van der Waals surface area contributed by atoms with Crippen molar-refractivity contribution < 1.29 is 0 Å². The Morgan fingerprint density at radius 3 is 1.67 bits per heavy atom. The third kappa shape index (κ3) is 0.343. The van der Waals surface area contributed by atoms with E-state index in [2.05, 4.69) is 23.5 Å². The van der Waals surface area contributed by atoms with Crippen LogP contribution in [0.4, 0.5) is 0 Å². The number of fused-ring (bicyclic) bond motifs is 1. The molecular formula is C4H6S2. The molecule has 0 aromatic rings. The van der Waals surface area contributed by atoms with E-state index in [9.17, 15) is 0 Å². The molecule has 2 heteroatoms. The minimum absolute atomic E-state index is 1.02. The van der Waals surface area contributed by atoms with Crippen molar-refractivity contribution in [2.24, 2.45) is 0 Å². The van der Waals surface area contributed by atoms with Crippen LogP contribution in [0.5, 0.6) is 0 Å². The summed E-state index contributed by atoms with van der Waals surface area (Å²) in [5.41, 5.74) is 0. The van der Waals surface area contributed by atoms with Crippen molar-refractivity contribution in [3.05, 3.63) is 0 Å². The van der Waals surface area contributed by atoms with Gasteiger partial charge in [-0.25, -0.2) is 0 Å². The molecule has 3 saturated heterocycles. The van der Waals surface area contributed by atoms with E-state index in [0.29, 0.717) is 0 Å². The lowest BCUT2D eigenvalue weighted by Gasteiger charge is -2.20. The SMILES string of the molecule is C1CC2SC1S2. The molecule has 0 aliphatic carbocycles. The summed E-state index contributed by atoms with van der Waals surface area (Å²) < 4.78 is 2.05. The van der Waals surface area contributed by atoms with Crippen LogP contribution in [0.2, 0.25) is 0 Å². The second kappa shape index (κ2) is 1.10. The van der Waals surface area contributed by atoms with Gasteiger partial charge in [0.2, 0.25) is 0 Å². The third-order valence-electron chi connectivity index (χ3n) is 1.25. The molecule has 0 spiro atoms. The maximum absolute atomic E-state index is 2.16. The van der Waals surface area contributed by atoms with Crippen LogP contribution in [0.1, 0.15) is 12.8 Å². The first-order chi connectivity index (χ1) is 2.95. The van der Waals surface area contributed by atoms with E-state index in [0.717, 1.165) is 9.16 Å². The van der Waals surface area contributed by atoms with Crippen LogP contribution in [-0.2, 0) is 0 Å². The number of hydrogen-bond donors (Lipinski definition) is 0. The first-order valence-corrected chi connectivity index (χ1v) is 4.14. The van der Waals surface area contributed by atoms with Crippen LogP contribution in [0.3, 0.4) is 0 Å². The lowest BCUT2D eigenvalue weighted by Crippen LogP contribution is -2.02. The van der Waals surface area contributed by atoms with Gasteiger partial charge in [0.1, 0.15) is 0 Å². The lowest BCUT2D eigenvalue weighted by atomic mass is 10.4. The van der Waals surface area contributed by atoms with Crippen LogP contribution >= 0.6 is 23.5 Å². The van der Waals surface area contributed by atoms with Crippen molar-refractivity contribution in [1.82, 2.24) is 0 Å². The van der Waals surface area contributed by atoms with Gasteiger partial charge in [0, 0.05) is 0 Å². The third-order valence-corrected chi connectivity index (χ3v) is 4.74. The van der Waals surface area contributed by atoms with Gasteiger partial charge in [-0.05, 0) is 12.8 Å². The number of hydrogen-bond acceptors (Lipinski definition) is 2. The van der Waals surface area contributed by atoms with E-state index in [-0.39, 0.29) is 0 Å². The average molecular weight is 118 g/mol. The molecule has 3 rings (SSSR count). The largest absolute Gasteiger partial charge is 0.133 e. The molecule has 0 radical (unpaired) electrons. The summed E-state index contributed by atoms with van der Waals surface area (Å²) in [5, 5.41) is 0. The van der Waals surface area contributed by atoms with Crippen LogP contribution in [0, 0.1) is 0 Å². The van der Waals surface area contributed by atoms with Crippen molar-refractivity contribution in [3.63, 3.8) is 0 Å². The van der Waals surface area contributed by atoms with Crippen LogP contribution < -0.4 is 0 Å². The lowest BCUT2D eigenvalue weighted by molar-refractivity contribution is 0.944. The highest BCUT2D eigenvalue weighted by Gasteiger charge is 2.37. The highest BCUT2D eigenvalue weighted by molar-refractivity contribution is 8.33. The van der Waals surface area contributed by atoms with E-state index >= 15 is 0 Å². The maximum atomic E-state index is 2.16. The molecule has 0 nitrogen and oxygen atoms in total. The molecule has 0 N–H and O–H groups in total. The minimum atomic E-state index is 1.02. The monoisotopic (exact) mass is 118 g/mol. The van der Waals surface area contributed by atoms with Gasteiger partial charge in [0.15, 0.2) is 0 Å². The van der Waals surface area contributed by atoms with Gasteiger partial charge in [-0.3, -0.25) is 0 Å². The molecule has 0 saturated carbocycles. The Kier molecular flexibility index (Phi) is 0.673. The van der Waals surface area contributed by atoms with E-state index in [4.69, 9.17) is 0 Å². The summed E-state index contributed by atoms with van der Waals surface area (Å²) >= 11 is 4.31. The normalized spacial score (nSPS) is 52.0. The highest BCUT2D eigenvalue weighted by atomic mass is 32.3. The van der Waals surface area contributed by atoms with Crippen molar-refractivity contribution in [2.75, 3.05) is 0 Å². The van der Waals surface area contributed by atoms with Crippen LogP contribution in [0.15, 0.2) is 0 Å². The molecule has 2 bridgehead atoms. The number of rotatable bonds is 0. The van der Waals surface area contributed by atoms with Crippen LogP contribution in [0.25, 0.3) is 0 Å². The van der Waals surface area contributed by atoms with Crippen molar-refractivity contribution in [2.45, 2.75) is 22.0 Å². The Balaban J connectivity index is 2.16. The fraction of sp³-hybridized carbons (Fsp3) is 1.00. The Morgan fingerprint density at radius 2 is 1.50 bits per heavy atom. The molecule has 3 fully saturated rings. The number of thioether (sulfide) groups is 2. The van der Waals surface area contributed by atoms with Gasteiger partial charge in [-0.2, -0.15) is 0 Å². The molecular weight excluding hydrogens is 112 g/mol. The van der Waals surface area contributed by atoms with Crippen LogP contribution in [-0.4, -0.2) is 9.16 Å². The quantitative estimate of drug-likeness (QED) is 0.476.